The Morgan fingerprint density at radius 2 is 1.89 bits per heavy atom. The molecule has 2 aromatic heterocycles. The number of aromatic nitrogens is 3. The highest BCUT2D eigenvalue weighted by Gasteiger charge is 2.35. The minimum atomic E-state index is -5.02. The van der Waals surface area contributed by atoms with E-state index >= 15 is 0 Å². The summed E-state index contributed by atoms with van der Waals surface area (Å²) in [5.41, 5.74) is -0.207. The lowest BCUT2D eigenvalue weighted by molar-refractivity contribution is -0.276. The van der Waals surface area contributed by atoms with Crippen molar-refractivity contribution in [2.45, 2.75) is 45.0 Å². The van der Waals surface area contributed by atoms with Gasteiger partial charge < -0.3 is 19.5 Å². The van der Waals surface area contributed by atoms with Gasteiger partial charge in [-0.2, -0.15) is 18.3 Å². The van der Waals surface area contributed by atoms with Gasteiger partial charge in [-0.1, -0.05) is 12.1 Å². The molecule has 13 heteroatoms. The Hall–Kier alpha value is -3.35. The fraction of sp³-hybridized carbons (Fsp3) is 0.409. The van der Waals surface area contributed by atoms with Crippen molar-refractivity contribution in [1.29, 1.82) is 0 Å². The van der Waals surface area contributed by atoms with Crippen LogP contribution in [0.1, 0.15) is 36.2 Å². The van der Waals surface area contributed by atoms with Crippen LogP contribution in [0.2, 0.25) is 0 Å². The lowest BCUT2D eigenvalue weighted by atomic mass is 10.0. The van der Waals surface area contributed by atoms with Crippen LogP contribution in [0, 0.1) is 6.92 Å². The number of alkyl halides is 6. The van der Waals surface area contributed by atoms with Gasteiger partial charge in [-0.25, -0.2) is 4.98 Å². The van der Waals surface area contributed by atoms with Crippen molar-refractivity contribution >= 4 is 16.7 Å². The van der Waals surface area contributed by atoms with Gasteiger partial charge in [0.05, 0.1) is 35.9 Å². The van der Waals surface area contributed by atoms with E-state index in [1.807, 2.05) is 0 Å². The summed E-state index contributed by atoms with van der Waals surface area (Å²) in [5, 5.41) is 11.2. The highest BCUT2D eigenvalue weighted by molar-refractivity contribution is 5.92. The summed E-state index contributed by atoms with van der Waals surface area (Å²) in [6.07, 6.45) is -9.56. The van der Waals surface area contributed by atoms with E-state index in [1.165, 1.54) is 25.1 Å². The number of hydrogen-bond donors (Lipinski definition) is 1. The second-order valence-corrected chi connectivity index (χ2v) is 7.96. The standard InChI is InChI=1S/C22H20F6N4O3/c1-11(13-4-3-5-14(8-13)21(23,24)25)29-19-16-9-17(34-15-6-7-33-10-15)20(35-22(26,27)28)30-18(16)12(2)31-32-19/h3-5,8-9,11,15H,6-7,10H2,1-2H3,(H,29,32)/t11-,15+/m1/s1. The normalized spacial score (nSPS) is 17.4. The molecule has 0 radical (unpaired) electrons. The summed E-state index contributed by atoms with van der Waals surface area (Å²) in [7, 11) is 0. The Morgan fingerprint density at radius 1 is 1.11 bits per heavy atom. The molecule has 1 aliphatic heterocycles. The minimum absolute atomic E-state index is 0.0630. The second kappa shape index (κ2) is 9.36. The third kappa shape index (κ3) is 5.84. The Bertz CT molecular complexity index is 1210. The Labute approximate surface area is 195 Å². The fourth-order valence-corrected chi connectivity index (χ4v) is 3.59. The van der Waals surface area contributed by atoms with E-state index in [2.05, 4.69) is 25.2 Å². The predicted octanol–water partition coefficient (Wildman–Crippen LogP) is 5.59. The van der Waals surface area contributed by atoms with Crippen LogP contribution >= 0.6 is 0 Å². The van der Waals surface area contributed by atoms with Gasteiger partial charge in [0, 0.05) is 6.42 Å². The van der Waals surface area contributed by atoms with Crippen LogP contribution in [0.15, 0.2) is 30.3 Å². The van der Waals surface area contributed by atoms with Crippen molar-refractivity contribution in [3.63, 3.8) is 0 Å². The fourth-order valence-electron chi connectivity index (χ4n) is 3.59. The lowest BCUT2D eigenvalue weighted by Crippen LogP contribution is -2.21. The van der Waals surface area contributed by atoms with Crippen LogP contribution < -0.4 is 14.8 Å². The van der Waals surface area contributed by atoms with Crippen LogP contribution in [0.4, 0.5) is 32.2 Å². The highest BCUT2D eigenvalue weighted by atomic mass is 19.4. The van der Waals surface area contributed by atoms with E-state index in [4.69, 9.17) is 9.47 Å². The number of benzene rings is 1. The molecule has 35 heavy (non-hydrogen) atoms. The summed E-state index contributed by atoms with van der Waals surface area (Å²) >= 11 is 0. The van der Waals surface area contributed by atoms with Gasteiger partial charge >= 0.3 is 12.5 Å². The zero-order valence-electron chi connectivity index (χ0n) is 18.5. The molecule has 0 amide bonds. The van der Waals surface area contributed by atoms with Crippen LogP contribution in [0.5, 0.6) is 11.6 Å². The average molecular weight is 502 g/mol. The number of halogens is 6. The van der Waals surface area contributed by atoms with Gasteiger partial charge in [0.1, 0.15) is 11.6 Å². The molecule has 0 bridgehead atoms. The van der Waals surface area contributed by atoms with Crippen LogP contribution in [-0.2, 0) is 10.9 Å². The van der Waals surface area contributed by atoms with Gasteiger partial charge in [0.25, 0.3) is 5.88 Å². The molecule has 0 aliphatic carbocycles. The Kier molecular flexibility index (Phi) is 6.62. The van der Waals surface area contributed by atoms with Gasteiger partial charge in [-0.05, 0) is 37.6 Å². The first kappa shape index (κ1) is 24.8. The first-order chi connectivity index (χ1) is 16.4. The number of hydrogen-bond acceptors (Lipinski definition) is 7. The lowest BCUT2D eigenvalue weighted by Gasteiger charge is -2.20. The molecule has 0 saturated carbocycles. The minimum Gasteiger partial charge on any atom is -0.482 e. The zero-order valence-corrected chi connectivity index (χ0v) is 18.5. The molecule has 7 nitrogen and oxygen atoms in total. The molecular formula is C22H20F6N4O3. The monoisotopic (exact) mass is 502 g/mol. The largest absolute Gasteiger partial charge is 0.574 e. The third-order valence-corrected chi connectivity index (χ3v) is 5.31. The van der Waals surface area contributed by atoms with Crippen molar-refractivity contribution in [3.8, 4) is 11.6 Å². The van der Waals surface area contributed by atoms with Crippen molar-refractivity contribution < 1.29 is 40.6 Å². The van der Waals surface area contributed by atoms with Crippen LogP contribution in [-0.4, -0.2) is 40.9 Å². The molecule has 1 aromatic carbocycles. The van der Waals surface area contributed by atoms with Crippen molar-refractivity contribution in [3.05, 3.63) is 47.2 Å². The van der Waals surface area contributed by atoms with Gasteiger partial charge in [0.2, 0.25) is 0 Å². The average Bonchev–Trinajstić information content (AvgIpc) is 3.28. The van der Waals surface area contributed by atoms with Crippen molar-refractivity contribution in [2.24, 2.45) is 0 Å². The molecule has 1 saturated heterocycles. The topological polar surface area (TPSA) is 78.4 Å². The number of rotatable bonds is 6. The number of ether oxygens (including phenoxy) is 3. The summed E-state index contributed by atoms with van der Waals surface area (Å²) in [4.78, 5) is 3.99. The van der Waals surface area contributed by atoms with Crippen LogP contribution in [0.25, 0.3) is 10.9 Å². The first-order valence-corrected chi connectivity index (χ1v) is 10.5. The molecule has 1 N–H and O–H groups in total. The molecule has 1 aliphatic rings. The smallest absolute Gasteiger partial charge is 0.482 e. The van der Waals surface area contributed by atoms with Gasteiger partial charge in [-0.15, -0.1) is 18.3 Å². The quantitative estimate of drug-likeness (QED) is 0.440. The molecule has 0 spiro atoms. The summed E-state index contributed by atoms with van der Waals surface area (Å²) in [6.45, 7) is 3.71. The molecule has 0 unspecified atom stereocenters. The molecule has 4 rings (SSSR count). The number of nitrogens with one attached hydrogen (secondary N) is 1. The Morgan fingerprint density at radius 3 is 2.54 bits per heavy atom. The maximum Gasteiger partial charge on any atom is 0.574 e. The van der Waals surface area contributed by atoms with Crippen molar-refractivity contribution in [2.75, 3.05) is 18.5 Å². The number of anilines is 1. The molecule has 3 heterocycles. The van der Waals surface area contributed by atoms with Gasteiger partial charge in [-0.3, -0.25) is 0 Å². The number of aryl methyl sites for hydroxylation is 1. The number of nitrogens with zero attached hydrogens (tertiary/aromatic N) is 3. The zero-order chi connectivity index (χ0) is 25.4. The van der Waals surface area contributed by atoms with E-state index in [0.29, 0.717) is 18.6 Å². The van der Waals surface area contributed by atoms with E-state index in [0.717, 1.165) is 12.1 Å². The third-order valence-electron chi connectivity index (χ3n) is 5.31. The number of pyridine rings is 1. The maximum absolute atomic E-state index is 13.1. The number of fused-ring (bicyclic) bond motifs is 1. The molecule has 1 fully saturated rings. The molecule has 188 valence electrons. The van der Waals surface area contributed by atoms with E-state index < -0.39 is 36.1 Å². The van der Waals surface area contributed by atoms with Crippen LogP contribution in [0.3, 0.4) is 0 Å². The van der Waals surface area contributed by atoms with E-state index in [-0.39, 0.29) is 34.8 Å². The maximum atomic E-state index is 13.1. The van der Waals surface area contributed by atoms with E-state index in [9.17, 15) is 26.3 Å². The summed E-state index contributed by atoms with van der Waals surface area (Å²) < 4.78 is 93.4. The van der Waals surface area contributed by atoms with Gasteiger partial charge in [0.15, 0.2) is 11.6 Å². The SMILES string of the molecule is Cc1nnc(N[C@H](C)c2cccc(C(F)(F)F)c2)c2cc(O[C@H]3CCOC3)c(OC(F)(F)F)nc12. The molecule has 3 aromatic rings. The summed E-state index contributed by atoms with van der Waals surface area (Å²) in [5.74, 6) is -0.952. The first-order valence-electron chi connectivity index (χ1n) is 10.5. The second-order valence-electron chi connectivity index (χ2n) is 7.96. The summed E-state index contributed by atoms with van der Waals surface area (Å²) in [6, 6.07) is 5.40. The predicted molar refractivity (Wildman–Crippen MR) is 112 cm³/mol. The highest BCUT2D eigenvalue weighted by Crippen LogP contribution is 2.38. The Balaban J connectivity index is 1.73. The molecule has 2 atom stereocenters. The van der Waals surface area contributed by atoms with E-state index in [1.54, 1.807) is 6.92 Å². The molecular weight excluding hydrogens is 482 g/mol. The van der Waals surface area contributed by atoms with Crippen molar-refractivity contribution in [1.82, 2.24) is 15.2 Å².